The molecule has 0 bridgehead atoms. The maximum atomic E-state index is 13.1. The number of nitrogens with zero attached hydrogens (tertiary/aromatic N) is 1. The Morgan fingerprint density at radius 3 is 1.41 bits per heavy atom. The summed E-state index contributed by atoms with van der Waals surface area (Å²) in [5.74, 6) is -21.6. The van der Waals surface area contributed by atoms with E-state index < -0.39 is 46.7 Å². The first-order chi connectivity index (χ1) is 9.50. The molecular formula is C8H3F12NO. The highest BCUT2D eigenvalue weighted by molar-refractivity contribution is 5.20. The molecule has 0 N–H and O–H groups in total. The van der Waals surface area contributed by atoms with Crippen LogP contribution in [0.5, 0.6) is 0 Å². The van der Waals surface area contributed by atoms with Gasteiger partial charge in [-0.25, -0.2) is 4.90 Å². The van der Waals surface area contributed by atoms with Crippen molar-refractivity contribution in [1.29, 1.82) is 0 Å². The fraction of sp³-hybridized carbons (Fsp3) is 0.750. The van der Waals surface area contributed by atoms with Crippen LogP contribution in [0.3, 0.4) is 0 Å². The van der Waals surface area contributed by atoms with Gasteiger partial charge in [-0.15, -0.1) is 0 Å². The fourth-order valence-electron chi connectivity index (χ4n) is 1.39. The number of likely N-dealkylation sites (tertiary alicyclic amines) is 1. The Kier molecular flexibility index (Phi) is 3.89. The number of hydrogen-bond acceptors (Lipinski definition) is 2. The van der Waals surface area contributed by atoms with Gasteiger partial charge in [-0.2, -0.15) is 52.7 Å². The second-order valence-electron chi connectivity index (χ2n) is 3.89. The third-order valence-corrected chi connectivity index (χ3v) is 2.60. The van der Waals surface area contributed by atoms with E-state index in [1.54, 1.807) is 0 Å². The Labute approximate surface area is 112 Å². The van der Waals surface area contributed by atoms with Gasteiger partial charge in [0, 0.05) is 7.11 Å². The highest BCUT2D eigenvalue weighted by Crippen LogP contribution is 2.64. The minimum absolute atomic E-state index is 0.0314. The molecule has 0 radical (unpaired) electrons. The molecule has 0 aliphatic carbocycles. The molecule has 0 aromatic rings. The van der Waals surface area contributed by atoms with Crippen molar-refractivity contribution in [1.82, 2.24) is 4.90 Å². The zero-order chi connectivity index (χ0) is 17.9. The van der Waals surface area contributed by atoms with Gasteiger partial charge in [0.1, 0.15) is 0 Å². The zero-order valence-electron chi connectivity index (χ0n) is 9.89. The molecule has 0 atom stereocenters. The van der Waals surface area contributed by atoms with Crippen LogP contribution in [0.2, 0.25) is 0 Å². The first kappa shape index (κ1) is 18.7. The van der Waals surface area contributed by atoms with E-state index in [0.29, 0.717) is 0 Å². The topological polar surface area (TPSA) is 12.5 Å². The number of ether oxygens (including phenoxy) is 1. The molecule has 1 heterocycles. The number of methoxy groups -OCH3 is 1. The molecule has 14 heteroatoms. The summed E-state index contributed by atoms with van der Waals surface area (Å²) in [6.07, 6.45) is -5.44. The van der Waals surface area contributed by atoms with E-state index in [2.05, 4.69) is 4.74 Å². The molecule has 0 unspecified atom stereocenters. The summed E-state index contributed by atoms with van der Waals surface area (Å²) < 4.78 is 157. The van der Waals surface area contributed by atoms with E-state index in [-0.39, 0.29) is 7.11 Å². The Hall–Kier alpha value is -1.34. The standard InChI is InChI=1S/C8H3F12NO/c1-22-4(11,12)2(9)3(10)21-7(17,18)5(13,14)6(15,16)8(21,19)20/h1H3. The van der Waals surface area contributed by atoms with Gasteiger partial charge in [0.25, 0.3) is 5.83 Å². The first-order valence-corrected chi connectivity index (χ1v) is 4.80. The molecule has 0 spiro atoms. The Morgan fingerprint density at radius 2 is 1.14 bits per heavy atom. The first-order valence-electron chi connectivity index (χ1n) is 4.80. The van der Waals surface area contributed by atoms with E-state index in [1.165, 1.54) is 0 Å². The van der Waals surface area contributed by atoms with Gasteiger partial charge in [-0.05, 0) is 0 Å². The quantitative estimate of drug-likeness (QED) is 0.557. The van der Waals surface area contributed by atoms with Crippen LogP contribution in [0.15, 0.2) is 11.8 Å². The summed E-state index contributed by atoms with van der Waals surface area (Å²) in [6, 6.07) is -13.4. The molecule has 1 rings (SSSR count). The van der Waals surface area contributed by atoms with Gasteiger partial charge in [0.2, 0.25) is 5.95 Å². The average Bonchev–Trinajstić information content (AvgIpc) is 2.42. The van der Waals surface area contributed by atoms with Crippen molar-refractivity contribution in [2.75, 3.05) is 7.11 Å². The SMILES string of the molecule is COC(F)(F)C(F)=C(F)N1C(F)(F)C(F)(F)C(F)(F)C1(F)F. The average molecular weight is 357 g/mol. The van der Waals surface area contributed by atoms with Crippen molar-refractivity contribution in [3.63, 3.8) is 0 Å². The van der Waals surface area contributed by atoms with Crippen LogP contribution < -0.4 is 0 Å². The minimum atomic E-state index is -6.89. The largest absolute Gasteiger partial charge is 0.413 e. The minimum Gasteiger partial charge on any atom is -0.318 e. The molecule has 1 fully saturated rings. The van der Waals surface area contributed by atoms with Crippen molar-refractivity contribution < 1.29 is 57.4 Å². The fourth-order valence-corrected chi connectivity index (χ4v) is 1.39. The number of hydrogen-bond donors (Lipinski definition) is 0. The summed E-state index contributed by atoms with van der Waals surface area (Å²) in [5.41, 5.74) is 0. The van der Waals surface area contributed by atoms with Gasteiger partial charge in [-0.1, -0.05) is 0 Å². The predicted octanol–water partition coefficient (Wildman–Crippen LogP) is 4.11. The van der Waals surface area contributed by atoms with Crippen molar-refractivity contribution >= 4 is 0 Å². The third kappa shape index (κ3) is 1.95. The molecule has 0 aromatic heterocycles. The van der Waals surface area contributed by atoms with Crippen molar-refractivity contribution in [3.05, 3.63) is 11.8 Å². The van der Waals surface area contributed by atoms with Gasteiger partial charge in [0.05, 0.1) is 0 Å². The van der Waals surface area contributed by atoms with Crippen LogP contribution in [-0.4, -0.2) is 42.1 Å². The Balaban J connectivity index is 3.63. The summed E-state index contributed by atoms with van der Waals surface area (Å²) in [4.78, 5) is -3.04. The van der Waals surface area contributed by atoms with Crippen molar-refractivity contribution in [2.24, 2.45) is 0 Å². The molecule has 1 aliphatic rings. The maximum Gasteiger partial charge on any atom is 0.413 e. The summed E-state index contributed by atoms with van der Waals surface area (Å²) in [6.45, 7) is 0. The van der Waals surface area contributed by atoms with Gasteiger partial charge in [0.15, 0.2) is 0 Å². The molecular weight excluding hydrogens is 354 g/mol. The lowest BCUT2D eigenvalue weighted by atomic mass is 10.2. The van der Waals surface area contributed by atoms with E-state index in [1.807, 2.05) is 0 Å². The highest BCUT2D eigenvalue weighted by atomic mass is 19.4. The monoisotopic (exact) mass is 357 g/mol. The van der Waals surface area contributed by atoms with E-state index in [9.17, 15) is 52.7 Å². The number of alkyl halides is 10. The summed E-state index contributed by atoms with van der Waals surface area (Å²) in [5, 5.41) is 0. The highest BCUT2D eigenvalue weighted by Gasteiger charge is 2.94. The normalized spacial score (nSPS) is 26.9. The number of halogens is 12. The van der Waals surface area contributed by atoms with Crippen molar-refractivity contribution in [2.45, 2.75) is 30.0 Å². The lowest BCUT2D eigenvalue weighted by Crippen LogP contribution is -2.51. The van der Waals surface area contributed by atoms with Crippen LogP contribution in [0.25, 0.3) is 0 Å². The molecule has 0 saturated carbocycles. The maximum absolute atomic E-state index is 13.1. The van der Waals surface area contributed by atoms with E-state index >= 15 is 0 Å². The molecule has 1 saturated heterocycles. The van der Waals surface area contributed by atoms with Crippen LogP contribution in [0.4, 0.5) is 52.7 Å². The third-order valence-electron chi connectivity index (χ3n) is 2.60. The molecule has 2 nitrogen and oxygen atoms in total. The van der Waals surface area contributed by atoms with E-state index in [4.69, 9.17) is 0 Å². The zero-order valence-corrected chi connectivity index (χ0v) is 9.89. The molecule has 130 valence electrons. The van der Waals surface area contributed by atoms with Gasteiger partial charge in [-0.3, -0.25) is 0 Å². The Bertz CT molecular complexity index is 471. The Morgan fingerprint density at radius 1 is 0.818 bits per heavy atom. The molecule has 22 heavy (non-hydrogen) atoms. The van der Waals surface area contributed by atoms with Crippen LogP contribution in [-0.2, 0) is 4.74 Å². The van der Waals surface area contributed by atoms with Gasteiger partial charge >= 0.3 is 30.0 Å². The second kappa shape index (κ2) is 4.58. The van der Waals surface area contributed by atoms with Crippen molar-refractivity contribution in [3.8, 4) is 0 Å². The number of rotatable bonds is 3. The molecule has 0 aromatic carbocycles. The van der Waals surface area contributed by atoms with Crippen LogP contribution >= 0.6 is 0 Å². The molecule has 0 amide bonds. The van der Waals surface area contributed by atoms with Crippen LogP contribution in [0, 0.1) is 0 Å². The predicted molar refractivity (Wildman–Crippen MR) is 42.8 cm³/mol. The second-order valence-corrected chi connectivity index (χ2v) is 3.89. The lowest BCUT2D eigenvalue weighted by Gasteiger charge is -2.29. The molecule has 1 aliphatic heterocycles. The van der Waals surface area contributed by atoms with Crippen LogP contribution in [0.1, 0.15) is 0 Å². The summed E-state index contributed by atoms with van der Waals surface area (Å²) in [7, 11) is -0.0314. The lowest BCUT2D eigenvalue weighted by molar-refractivity contribution is -0.303. The van der Waals surface area contributed by atoms with Gasteiger partial charge < -0.3 is 4.74 Å². The van der Waals surface area contributed by atoms with E-state index in [0.717, 1.165) is 0 Å². The smallest absolute Gasteiger partial charge is 0.318 e. The summed E-state index contributed by atoms with van der Waals surface area (Å²) >= 11 is 0.